The summed E-state index contributed by atoms with van der Waals surface area (Å²) >= 11 is 1.84. The molecule has 0 fully saturated rings. The fraction of sp³-hybridized carbons (Fsp3) is 0.600. The Labute approximate surface area is 110 Å². The first kappa shape index (κ1) is 14.6. The van der Waals surface area contributed by atoms with E-state index in [4.69, 9.17) is 5.11 Å². The third-order valence-electron chi connectivity index (χ3n) is 2.68. The van der Waals surface area contributed by atoms with Crippen molar-refractivity contribution in [2.75, 3.05) is 6.61 Å². The normalized spacial score (nSPS) is 12.1. The number of thioether (sulfide) groups is 1. The quantitative estimate of drug-likeness (QED) is 0.768. The zero-order valence-corrected chi connectivity index (χ0v) is 12.2. The van der Waals surface area contributed by atoms with Crippen molar-refractivity contribution in [1.29, 1.82) is 0 Å². The minimum atomic E-state index is 0.105. The second-order valence-corrected chi connectivity index (χ2v) is 7.36. The molecule has 0 aliphatic carbocycles. The molecule has 0 radical (unpaired) electrons. The Hall–Kier alpha value is -0.470. The van der Waals surface area contributed by atoms with E-state index in [-0.39, 0.29) is 11.4 Å². The zero-order valence-electron chi connectivity index (χ0n) is 11.4. The SMILES string of the molecule is CC(C)Cc1ccc(SC(C)(C)CCO)cc1. The summed E-state index contributed by atoms with van der Waals surface area (Å²) in [6, 6.07) is 8.83. The third-order valence-corrected chi connectivity index (χ3v) is 3.94. The third kappa shape index (κ3) is 5.60. The minimum absolute atomic E-state index is 0.105. The van der Waals surface area contributed by atoms with Crippen molar-refractivity contribution in [3.05, 3.63) is 29.8 Å². The van der Waals surface area contributed by atoms with Crippen LogP contribution in [0.15, 0.2) is 29.2 Å². The molecule has 2 heteroatoms. The van der Waals surface area contributed by atoms with Crippen LogP contribution < -0.4 is 0 Å². The van der Waals surface area contributed by atoms with Crippen molar-refractivity contribution in [3.8, 4) is 0 Å². The van der Waals surface area contributed by atoms with Gasteiger partial charge in [0.15, 0.2) is 0 Å². The van der Waals surface area contributed by atoms with Gasteiger partial charge in [0.05, 0.1) is 0 Å². The van der Waals surface area contributed by atoms with E-state index in [2.05, 4.69) is 52.0 Å². The van der Waals surface area contributed by atoms with Gasteiger partial charge >= 0.3 is 0 Å². The minimum Gasteiger partial charge on any atom is -0.396 e. The zero-order chi connectivity index (χ0) is 12.9. The van der Waals surface area contributed by atoms with Crippen molar-refractivity contribution in [2.45, 2.75) is 50.2 Å². The van der Waals surface area contributed by atoms with Crippen molar-refractivity contribution in [3.63, 3.8) is 0 Å². The first-order chi connectivity index (χ1) is 7.93. The Bertz CT molecular complexity index is 327. The van der Waals surface area contributed by atoms with Gasteiger partial charge in [0.25, 0.3) is 0 Å². The highest BCUT2D eigenvalue weighted by molar-refractivity contribution is 8.00. The van der Waals surface area contributed by atoms with Crippen LogP contribution in [0, 0.1) is 5.92 Å². The van der Waals surface area contributed by atoms with Crippen LogP contribution in [0.5, 0.6) is 0 Å². The molecular formula is C15H24OS. The van der Waals surface area contributed by atoms with Gasteiger partial charge < -0.3 is 5.11 Å². The first-order valence-electron chi connectivity index (χ1n) is 6.32. The highest BCUT2D eigenvalue weighted by Gasteiger charge is 2.18. The maximum Gasteiger partial charge on any atom is 0.0444 e. The molecule has 17 heavy (non-hydrogen) atoms. The highest BCUT2D eigenvalue weighted by atomic mass is 32.2. The Morgan fingerprint density at radius 3 is 2.24 bits per heavy atom. The molecule has 1 aromatic rings. The van der Waals surface area contributed by atoms with Gasteiger partial charge in [0.2, 0.25) is 0 Å². The maximum atomic E-state index is 9.01. The van der Waals surface area contributed by atoms with E-state index >= 15 is 0 Å². The van der Waals surface area contributed by atoms with E-state index in [1.54, 1.807) is 0 Å². The molecule has 96 valence electrons. The number of benzene rings is 1. The topological polar surface area (TPSA) is 20.2 Å². The van der Waals surface area contributed by atoms with Gasteiger partial charge in [-0.1, -0.05) is 39.8 Å². The van der Waals surface area contributed by atoms with E-state index in [0.29, 0.717) is 5.92 Å². The summed E-state index contributed by atoms with van der Waals surface area (Å²) in [6.45, 7) is 9.09. The monoisotopic (exact) mass is 252 g/mol. The van der Waals surface area contributed by atoms with Crippen LogP contribution in [0.4, 0.5) is 0 Å². The van der Waals surface area contributed by atoms with Gasteiger partial charge in [-0.25, -0.2) is 0 Å². The summed E-state index contributed by atoms with van der Waals surface area (Å²) in [7, 11) is 0. The molecule has 0 aliphatic heterocycles. The number of aliphatic hydroxyl groups excluding tert-OH is 1. The second-order valence-electron chi connectivity index (χ2n) is 5.58. The molecule has 0 bridgehead atoms. The molecule has 0 atom stereocenters. The van der Waals surface area contributed by atoms with Crippen LogP contribution >= 0.6 is 11.8 Å². The van der Waals surface area contributed by atoms with Crippen molar-refractivity contribution in [1.82, 2.24) is 0 Å². The van der Waals surface area contributed by atoms with Gasteiger partial charge in [-0.05, 0) is 36.5 Å². The summed E-state index contributed by atoms with van der Waals surface area (Å²) in [5.74, 6) is 0.708. The molecule has 0 heterocycles. The standard InChI is InChI=1S/C15H24OS/c1-12(2)11-13-5-7-14(8-6-13)17-15(3,4)9-10-16/h5-8,12,16H,9-11H2,1-4H3. The Morgan fingerprint density at radius 2 is 1.76 bits per heavy atom. The van der Waals surface area contributed by atoms with Gasteiger partial charge in [-0.15, -0.1) is 11.8 Å². The van der Waals surface area contributed by atoms with E-state index in [0.717, 1.165) is 12.8 Å². The van der Waals surface area contributed by atoms with E-state index in [1.807, 2.05) is 11.8 Å². The van der Waals surface area contributed by atoms with Crippen molar-refractivity contribution >= 4 is 11.8 Å². The van der Waals surface area contributed by atoms with Gasteiger partial charge in [-0.2, -0.15) is 0 Å². The van der Waals surface area contributed by atoms with E-state index in [9.17, 15) is 0 Å². The highest BCUT2D eigenvalue weighted by Crippen LogP contribution is 2.34. The van der Waals surface area contributed by atoms with Crippen LogP contribution in [-0.2, 0) is 6.42 Å². The van der Waals surface area contributed by atoms with Crippen molar-refractivity contribution in [2.24, 2.45) is 5.92 Å². The number of hydrogen-bond acceptors (Lipinski definition) is 2. The Morgan fingerprint density at radius 1 is 1.18 bits per heavy atom. The molecule has 1 rings (SSSR count). The summed E-state index contributed by atoms with van der Waals surface area (Å²) in [5.41, 5.74) is 1.41. The molecule has 1 N–H and O–H groups in total. The molecule has 0 spiro atoms. The summed E-state index contributed by atoms with van der Waals surface area (Å²) in [6.07, 6.45) is 1.97. The predicted molar refractivity (Wildman–Crippen MR) is 76.6 cm³/mol. The number of aliphatic hydroxyl groups is 1. The number of rotatable bonds is 6. The molecule has 1 aromatic carbocycles. The largest absolute Gasteiger partial charge is 0.396 e. The lowest BCUT2D eigenvalue weighted by Crippen LogP contribution is -2.16. The lowest BCUT2D eigenvalue weighted by molar-refractivity contribution is 0.275. The summed E-state index contributed by atoms with van der Waals surface area (Å²) < 4.78 is 0.105. The first-order valence-corrected chi connectivity index (χ1v) is 7.13. The van der Waals surface area contributed by atoms with E-state index < -0.39 is 0 Å². The van der Waals surface area contributed by atoms with Crippen LogP contribution in [0.1, 0.15) is 39.7 Å². The molecule has 0 saturated carbocycles. The summed E-state index contributed by atoms with van der Waals surface area (Å²) in [4.78, 5) is 1.29. The fourth-order valence-electron chi connectivity index (χ4n) is 1.80. The molecule has 0 saturated heterocycles. The smallest absolute Gasteiger partial charge is 0.0444 e. The maximum absolute atomic E-state index is 9.01. The van der Waals surface area contributed by atoms with Crippen LogP contribution in [0.3, 0.4) is 0 Å². The Kier molecular flexibility index (Phi) is 5.54. The molecular weight excluding hydrogens is 228 g/mol. The van der Waals surface area contributed by atoms with Crippen LogP contribution in [0.2, 0.25) is 0 Å². The molecule has 0 aromatic heterocycles. The summed E-state index contributed by atoms with van der Waals surface area (Å²) in [5, 5.41) is 9.01. The number of hydrogen-bond donors (Lipinski definition) is 1. The van der Waals surface area contributed by atoms with Crippen molar-refractivity contribution < 1.29 is 5.11 Å². The average Bonchev–Trinajstić information content (AvgIpc) is 2.19. The van der Waals surface area contributed by atoms with Crippen LogP contribution in [-0.4, -0.2) is 16.5 Å². The second kappa shape index (κ2) is 6.46. The van der Waals surface area contributed by atoms with Crippen LogP contribution in [0.25, 0.3) is 0 Å². The van der Waals surface area contributed by atoms with Gasteiger partial charge in [0, 0.05) is 16.2 Å². The fourth-order valence-corrected chi connectivity index (χ4v) is 2.91. The van der Waals surface area contributed by atoms with E-state index in [1.165, 1.54) is 10.5 Å². The molecule has 0 amide bonds. The lowest BCUT2D eigenvalue weighted by Gasteiger charge is -2.22. The van der Waals surface area contributed by atoms with Gasteiger partial charge in [-0.3, -0.25) is 0 Å². The molecule has 0 unspecified atom stereocenters. The molecule has 1 nitrogen and oxygen atoms in total. The predicted octanol–water partition coefficient (Wildman–Crippen LogP) is 4.14. The Balaban J connectivity index is 2.62. The lowest BCUT2D eigenvalue weighted by atomic mass is 10.0. The molecule has 0 aliphatic rings. The van der Waals surface area contributed by atoms with Gasteiger partial charge in [0.1, 0.15) is 0 Å². The average molecular weight is 252 g/mol.